The molecule has 1 aromatic carbocycles. The number of carbonyl (C=O) groups excluding carboxylic acids is 1. The molecule has 2 N–H and O–H groups in total. The van der Waals surface area contributed by atoms with Crippen molar-refractivity contribution in [2.75, 3.05) is 13.2 Å². The third kappa shape index (κ3) is 4.80. The van der Waals surface area contributed by atoms with Gasteiger partial charge in [0, 0.05) is 6.92 Å². The molecule has 0 fully saturated rings. The van der Waals surface area contributed by atoms with Gasteiger partial charge in [-0.15, -0.1) is 0 Å². The van der Waals surface area contributed by atoms with E-state index in [1.165, 1.54) is 6.92 Å². The number of aryl methyl sites for hydroxylation is 3. The molecule has 0 aliphatic rings. The Morgan fingerprint density at radius 1 is 1.29 bits per heavy atom. The van der Waals surface area contributed by atoms with Crippen molar-refractivity contribution >= 4 is 16.0 Å². The van der Waals surface area contributed by atoms with Gasteiger partial charge < -0.3 is 9.84 Å². The Labute approximate surface area is 125 Å². The molecule has 6 nitrogen and oxygen atoms in total. The van der Waals surface area contributed by atoms with Crippen molar-refractivity contribution in [3.05, 3.63) is 28.8 Å². The van der Waals surface area contributed by atoms with Crippen LogP contribution in [0.1, 0.15) is 23.6 Å². The second kappa shape index (κ2) is 7.02. The zero-order chi connectivity index (χ0) is 16.2. The van der Waals surface area contributed by atoms with Crippen LogP contribution in [-0.2, 0) is 19.6 Å². The fourth-order valence-electron chi connectivity index (χ4n) is 2.21. The second-order valence-electron chi connectivity index (χ2n) is 5.03. The first-order valence-corrected chi connectivity index (χ1v) is 8.00. The number of hydrogen-bond donors (Lipinski definition) is 2. The number of ether oxygens (including phenoxy) is 1. The van der Waals surface area contributed by atoms with E-state index in [1.54, 1.807) is 26.0 Å². The topological polar surface area (TPSA) is 92.7 Å². The molecule has 0 aliphatic heterocycles. The second-order valence-corrected chi connectivity index (χ2v) is 6.68. The molecule has 0 saturated carbocycles. The van der Waals surface area contributed by atoms with Crippen LogP contribution in [0.3, 0.4) is 0 Å². The van der Waals surface area contributed by atoms with Crippen LogP contribution in [0.25, 0.3) is 0 Å². The van der Waals surface area contributed by atoms with E-state index in [-0.39, 0.29) is 11.5 Å². The van der Waals surface area contributed by atoms with Gasteiger partial charge in [0.15, 0.2) is 0 Å². The van der Waals surface area contributed by atoms with Crippen molar-refractivity contribution in [2.24, 2.45) is 0 Å². The Morgan fingerprint density at radius 3 is 2.24 bits per heavy atom. The minimum absolute atomic E-state index is 0.189. The highest BCUT2D eigenvalue weighted by Gasteiger charge is 2.24. The summed E-state index contributed by atoms with van der Waals surface area (Å²) in [7, 11) is -3.80. The standard InChI is InChI=1S/C14H21NO5S/c1-9-5-10(2)14(11(3)6-9)21(18,19)15-13(7-16)8-20-12(4)17/h5-6,13,15-16H,7-8H2,1-4H3/t13-/m1/s1. The predicted molar refractivity (Wildman–Crippen MR) is 78.5 cm³/mol. The number of nitrogens with one attached hydrogen (secondary N) is 1. The lowest BCUT2D eigenvalue weighted by Crippen LogP contribution is -2.41. The molecule has 0 aromatic heterocycles. The number of aliphatic hydroxyl groups excluding tert-OH is 1. The lowest BCUT2D eigenvalue weighted by atomic mass is 10.1. The summed E-state index contributed by atoms with van der Waals surface area (Å²) >= 11 is 0. The summed E-state index contributed by atoms with van der Waals surface area (Å²) in [4.78, 5) is 11.0. The van der Waals surface area contributed by atoms with Crippen LogP contribution in [-0.4, -0.2) is 38.7 Å². The molecule has 21 heavy (non-hydrogen) atoms. The van der Waals surface area contributed by atoms with E-state index in [1.807, 2.05) is 6.92 Å². The van der Waals surface area contributed by atoms with Gasteiger partial charge in [0.1, 0.15) is 6.61 Å². The van der Waals surface area contributed by atoms with E-state index in [0.29, 0.717) is 11.1 Å². The Bertz CT molecular complexity index is 601. The monoisotopic (exact) mass is 315 g/mol. The number of carbonyl (C=O) groups is 1. The first-order chi connectivity index (χ1) is 9.67. The zero-order valence-electron chi connectivity index (χ0n) is 12.6. The molecule has 1 aromatic rings. The van der Waals surface area contributed by atoms with E-state index < -0.39 is 28.6 Å². The van der Waals surface area contributed by atoms with Crippen molar-refractivity contribution in [1.29, 1.82) is 0 Å². The molecule has 0 radical (unpaired) electrons. The summed E-state index contributed by atoms with van der Waals surface area (Å²) in [5.74, 6) is -0.532. The Morgan fingerprint density at radius 2 is 1.81 bits per heavy atom. The van der Waals surface area contributed by atoms with E-state index in [4.69, 9.17) is 4.74 Å². The van der Waals surface area contributed by atoms with Crippen molar-refractivity contribution in [2.45, 2.75) is 38.6 Å². The first-order valence-electron chi connectivity index (χ1n) is 6.51. The third-order valence-corrected chi connectivity index (χ3v) is 4.73. The van der Waals surface area contributed by atoms with Gasteiger partial charge in [0.05, 0.1) is 17.5 Å². The minimum Gasteiger partial charge on any atom is -0.464 e. The average molecular weight is 315 g/mol. The van der Waals surface area contributed by atoms with Crippen LogP contribution in [0.4, 0.5) is 0 Å². The van der Waals surface area contributed by atoms with Crippen LogP contribution < -0.4 is 4.72 Å². The number of esters is 1. The molecule has 0 spiro atoms. The van der Waals surface area contributed by atoms with Gasteiger partial charge in [-0.3, -0.25) is 4.79 Å². The Kier molecular flexibility index (Phi) is 5.88. The van der Waals surface area contributed by atoms with Crippen molar-refractivity contribution < 1.29 is 23.1 Å². The summed E-state index contributed by atoms with van der Waals surface area (Å²) in [6, 6.07) is 2.68. The van der Waals surface area contributed by atoms with Crippen molar-refractivity contribution in [3.63, 3.8) is 0 Å². The van der Waals surface area contributed by atoms with E-state index in [0.717, 1.165) is 5.56 Å². The van der Waals surface area contributed by atoms with Gasteiger partial charge in [-0.25, -0.2) is 13.1 Å². The fraction of sp³-hybridized carbons (Fsp3) is 0.500. The maximum Gasteiger partial charge on any atom is 0.302 e. The Balaban J connectivity index is 3.03. The van der Waals surface area contributed by atoms with Gasteiger partial charge in [-0.05, 0) is 31.9 Å². The average Bonchev–Trinajstić information content (AvgIpc) is 2.32. The molecular formula is C14H21NO5S. The highest BCUT2D eigenvalue weighted by molar-refractivity contribution is 7.89. The molecule has 0 heterocycles. The SMILES string of the molecule is CC(=O)OC[C@@H](CO)NS(=O)(=O)c1c(C)cc(C)cc1C. The summed E-state index contributed by atoms with van der Waals surface area (Å²) in [5, 5.41) is 9.21. The Hall–Kier alpha value is -1.44. The highest BCUT2D eigenvalue weighted by atomic mass is 32.2. The van der Waals surface area contributed by atoms with Crippen LogP contribution in [0.15, 0.2) is 17.0 Å². The summed E-state index contributed by atoms with van der Waals surface area (Å²) in [5.41, 5.74) is 2.23. The smallest absolute Gasteiger partial charge is 0.302 e. The maximum atomic E-state index is 12.4. The van der Waals surface area contributed by atoms with Crippen molar-refractivity contribution in [3.8, 4) is 0 Å². The molecule has 0 unspecified atom stereocenters. The van der Waals surface area contributed by atoms with Crippen LogP contribution in [0.2, 0.25) is 0 Å². The lowest BCUT2D eigenvalue weighted by molar-refractivity contribution is -0.141. The quantitative estimate of drug-likeness (QED) is 0.758. The molecule has 0 amide bonds. The fourth-order valence-corrected chi connectivity index (χ4v) is 3.88. The molecule has 1 atom stereocenters. The van der Waals surface area contributed by atoms with Gasteiger partial charge >= 0.3 is 5.97 Å². The molecule has 1 rings (SSSR count). The van der Waals surface area contributed by atoms with E-state index in [9.17, 15) is 18.3 Å². The van der Waals surface area contributed by atoms with Crippen LogP contribution in [0, 0.1) is 20.8 Å². The van der Waals surface area contributed by atoms with Gasteiger partial charge in [0.25, 0.3) is 0 Å². The molecule has 118 valence electrons. The normalized spacial score (nSPS) is 13.0. The zero-order valence-corrected chi connectivity index (χ0v) is 13.5. The molecular weight excluding hydrogens is 294 g/mol. The van der Waals surface area contributed by atoms with Gasteiger partial charge in [0.2, 0.25) is 10.0 Å². The van der Waals surface area contributed by atoms with Crippen LogP contribution >= 0.6 is 0 Å². The summed E-state index contributed by atoms with van der Waals surface area (Å²) < 4.78 is 32.0. The third-order valence-electron chi connectivity index (χ3n) is 2.90. The molecule has 0 saturated heterocycles. The number of hydrogen-bond acceptors (Lipinski definition) is 5. The predicted octanol–water partition coefficient (Wildman–Crippen LogP) is 0.814. The van der Waals surface area contributed by atoms with Gasteiger partial charge in [-0.2, -0.15) is 0 Å². The summed E-state index contributed by atoms with van der Waals surface area (Å²) in [6.45, 7) is 5.87. The number of benzene rings is 1. The van der Waals surface area contributed by atoms with Crippen molar-refractivity contribution in [1.82, 2.24) is 4.72 Å². The number of rotatable bonds is 6. The minimum atomic E-state index is -3.80. The largest absolute Gasteiger partial charge is 0.464 e. The molecule has 0 aliphatic carbocycles. The molecule has 7 heteroatoms. The van der Waals surface area contributed by atoms with E-state index >= 15 is 0 Å². The lowest BCUT2D eigenvalue weighted by Gasteiger charge is -2.18. The van der Waals surface area contributed by atoms with E-state index in [2.05, 4.69) is 4.72 Å². The summed E-state index contributed by atoms with van der Waals surface area (Å²) in [6.07, 6.45) is 0. The maximum absolute atomic E-state index is 12.4. The van der Waals surface area contributed by atoms with Crippen LogP contribution in [0.5, 0.6) is 0 Å². The number of aliphatic hydroxyl groups is 1. The first kappa shape index (κ1) is 17.6. The molecule has 0 bridgehead atoms. The highest BCUT2D eigenvalue weighted by Crippen LogP contribution is 2.21. The van der Waals surface area contributed by atoms with Gasteiger partial charge in [-0.1, -0.05) is 17.7 Å². The number of sulfonamides is 1.